The van der Waals surface area contributed by atoms with E-state index in [-0.39, 0.29) is 18.3 Å². The summed E-state index contributed by atoms with van der Waals surface area (Å²) >= 11 is 0. The Labute approximate surface area is 147 Å². The van der Waals surface area contributed by atoms with Crippen molar-refractivity contribution in [2.24, 2.45) is 7.05 Å². The summed E-state index contributed by atoms with van der Waals surface area (Å²) in [5.74, 6) is 0.528. The van der Waals surface area contributed by atoms with Crippen LogP contribution in [0.5, 0.6) is 0 Å². The van der Waals surface area contributed by atoms with E-state index in [1.165, 1.54) is 6.07 Å². The maximum absolute atomic E-state index is 14.2. The van der Waals surface area contributed by atoms with Gasteiger partial charge in [0.1, 0.15) is 18.0 Å². The van der Waals surface area contributed by atoms with E-state index < -0.39 is 0 Å². The summed E-state index contributed by atoms with van der Waals surface area (Å²) in [4.78, 5) is 14.3. The van der Waals surface area contributed by atoms with Crippen LogP contribution in [0.25, 0.3) is 0 Å². The van der Waals surface area contributed by atoms with Gasteiger partial charge in [-0.15, -0.1) is 10.2 Å². The van der Waals surface area contributed by atoms with Crippen LogP contribution >= 0.6 is 0 Å². The first kappa shape index (κ1) is 17.4. The van der Waals surface area contributed by atoms with Crippen molar-refractivity contribution < 1.29 is 9.18 Å². The first-order valence-corrected chi connectivity index (χ1v) is 8.77. The monoisotopic (exact) mass is 345 g/mol. The molecule has 1 saturated heterocycles. The van der Waals surface area contributed by atoms with Gasteiger partial charge in [-0.3, -0.25) is 4.79 Å². The number of aromatic nitrogens is 3. The highest BCUT2D eigenvalue weighted by Gasteiger charge is 2.18. The van der Waals surface area contributed by atoms with Gasteiger partial charge in [0, 0.05) is 50.8 Å². The lowest BCUT2D eigenvalue weighted by Crippen LogP contribution is -2.26. The molecule has 1 aromatic heterocycles. The van der Waals surface area contributed by atoms with E-state index >= 15 is 0 Å². The lowest BCUT2D eigenvalue weighted by atomic mass is 10.1. The summed E-state index contributed by atoms with van der Waals surface area (Å²) < 4.78 is 16.1. The lowest BCUT2D eigenvalue weighted by molar-refractivity contribution is -0.121. The van der Waals surface area contributed by atoms with Gasteiger partial charge >= 0.3 is 0 Å². The van der Waals surface area contributed by atoms with Crippen molar-refractivity contribution >= 4 is 11.6 Å². The molecule has 1 aromatic carbocycles. The molecule has 2 aromatic rings. The molecule has 0 radical (unpaired) electrons. The number of hydrogen-bond acceptors (Lipinski definition) is 4. The van der Waals surface area contributed by atoms with Crippen LogP contribution in [-0.2, 0) is 24.8 Å². The number of nitrogens with zero attached hydrogens (tertiary/aromatic N) is 4. The van der Waals surface area contributed by atoms with Gasteiger partial charge in [-0.05, 0) is 31.4 Å². The van der Waals surface area contributed by atoms with E-state index in [0.29, 0.717) is 24.8 Å². The third-order valence-corrected chi connectivity index (χ3v) is 4.61. The number of rotatable bonds is 7. The zero-order valence-corrected chi connectivity index (χ0v) is 14.5. The Morgan fingerprint density at radius 2 is 2.12 bits per heavy atom. The van der Waals surface area contributed by atoms with Gasteiger partial charge in [0.25, 0.3) is 0 Å². The van der Waals surface area contributed by atoms with Crippen LogP contribution in [-0.4, -0.2) is 33.8 Å². The second-order valence-electron chi connectivity index (χ2n) is 6.42. The molecule has 1 N–H and O–H groups in total. The van der Waals surface area contributed by atoms with Crippen molar-refractivity contribution in [3.05, 3.63) is 41.7 Å². The predicted octanol–water partition coefficient (Wildman–Crippen LogP) is 2.19. The molecule has 0 unspecified atom stereocenters. The Morgan fingerprint density at radius 1 is 1.32 bits per heavy atom. The first-order valence-electron chi connectivity index (χ1n) is 8.77. The number of carbonyl (C=O) groups is 1. The minimum atomic E-state index is -0.260. The maximum atomic E-state index is 14.2. The van der Waals surface area contributed by atoms with Gasteiger partial charge in [-0.1, -0.05) is 6.07 Å². The zero-order valence-electron chi connectivity index (χ0n) is 14.5. The molecule has 134 valence electrons. The Balaban J connectivity index is 1.52. The third kappa shape index (κ3) is 4.35. The molecule has 1 aliphatic heterocycles. The van der Waals surface area contributed by atoms with Gasteiger partial charge in [0.2, 0.25) is 5.91 Å². The standard InChI is InChI=1S/C18H24FN5O/c1-23-13-21-22-17(23)8-5-9-18(25)20-12-14-15(19)6-4-7-16(14)24-10-2-3-11-24/h4,6-7,13H,2-3,5,8-12H2,1H3,(H,20,25). The highest BCUT2D eigenvalue weighted by molar-refractivity contribution is 5.76. The van der Waals surface area contributed by atoms with E-state index in [4.69, 9.17) is 0 Å². The average molecular weight is 345 g/mol. The molecular formula is C18H24FN5O. The summed E-state index contributed by atoms with van der Waals surface area (Å²) in [7, 11) is 1.88. The van der Waals surface area contributed by atoms with E-state index in [0.717, 1.165) is 37.4 Å². The molecule has 0 spiro atoms. The van der Waals surface area contributed by atoms with Crippen molar-refractivity contribution in [1.82, 2.24) is 20.1 Å². The second kappa shape index (κ2) is 8.09. The van der Waals surface area contributed by atoms with E-state index in [1.54, 1.807) is 12.4 Å². The summed E-state index contributed by atoms with van der Waals surface area (Å²) in [6.45, 7) is 2.12. The van der Waals surface area contributed by atoms with Crippen molar-refractivity contribution in [2.75, 3.05) is 18.0 Å². The number of carbonyl (C=O) groups excluding carboxylic acids is 1. The number of aryl methyl sites for hydroxylation is 2. The minimum Gasteiger partial charge on any atom is -0.371 e. The second-order valence-corrected chi connectivity index (χ2v) is 6.42. The SMILES string of the molecule is Cn1cnnc1CCCC(=O)NCc1c(F)cccc1N1CCCC1. The molecule has 2 heterocycles. The molecule has 0 aliphatic carbocycles. The number of benzene rings is 1. The largest absolute Gasteiger partial charge is 0.371 e. The highest BCUT2D eigenvalue weighted by Crippen LogP contribution is 2.26. The fraction of sp³-hybridized carbons (Fsp3) is 0.500. The lowest BCUT2D eigenvalue weighted by Gasteiger charge is -2.22. The maximum Gasteiger partial charge on any atom is 0.220 e. The number of hydrogen-bond donors (Lipinski definition) is 1. The molecule has 0 atom stereocenters. The van der Waals surface area contributed by atoms with Crippen molar-refractivity contribution in [2.45, 2.75) is 38.6 Å². The summed E-state index contributed by atoms with van der Waals surface area (Å²) in [6, 6.07) is 5.12. The Morgan fingerprint density at radius 3 is 2.84 bits per heavy atom. The number of anilines is 1. The van der Waals surface area contributed by atoms with Crippen LogP contribution in [0.1, 0.15) is 37.1 Å². The van der Waals surface area contributed by atoms with Crippen LogP contribution in [0.3, 0.4) is 0 Å². The fourth-order valence-electron chi connectivity index (χ4n) is 3.19. The van der Waals surface area contributed by atoms with Crippen molar-refractivity contribution in [3.63, 3.8) is 0 Å². The predicted molar refractivity (Wildman–Crippen MR) is 93.6 cm³/mol. The molecule has 6 nitrogen and oxygen atoms in total. The average Bonchev–Trinajstić information content (AvgIpc) is 3.26. The molecule has 0 saturated carbocycles. The molecule has 1 fully saturated rings. The summed E-state index contributed by atoms with van der Waals surface area (Å²) in [5.41, 5.74) is 1.47. The van der Waals surface area contributed by atoms with Crippen LogP contribution in [0.15, 0.2) is 24.5 Å². The first-order chi connectivity index (χ1) is 12.1. The normalized spacial score (nSPS) is 14.1. The van der Waals surface area contributed by atoms with Crippen LogP contribution in [0, 0.1) is 5.82 Å². The van der Waals surface area contributed by atoms with E-state index in [9.17, 15) is 9.18 Å². The third-order valence-electron chi connectivity index (χ3n) is 4.61. The van der Waals surface area contributed by atoms with Crippen LogP contribution < -0.4 is 10.2 Å². The van der Waals surface area contributed by atoms with Gasteiger partial charge in [0.05, 0.1) is 0 Å². The topological polar surface area (TPSA) is 63.1 Å². The number of nitrogens with one attached hydrogen (secondary N) is 1. The zero-order chi connectivity index (χ0) is 17.6. The molecule has 0 bridgehead atoms. The summed E-state index contributed by atoms with van der Waals surface area (Å²) in [5, 5.41) is 10.7. The molecule has 1 aliphatic rings. The molecule has 3 rings (SSSR count). The van der Waals surface area contributed by atoms with E-state index in [2.05, 4.69) is 20.4 Å². The summed E-state index contributed by atoms with van der Waals surface area (Å²) in [6.07, 6.45) is 5.68. The van der Waals surface area contributed by atoms with Crippen LogP contribution in [0.2, 0.25) is 0 Å². The van der Waals surface area contributed by atoms with Crippen molar-refractivity contribution in [1.29, 1.82) is 0 Å². The molecule has 1 amide bonds. The Kier molecular flexibility index (Phi) is 5.63. The smallest absolute Gasteiger partial charge is 0.220 e. The van der Waals surface area contributed by atoms with Gasteiger partial charge in [-0.25, -0.2) is 4.39 Å². The van der Waals surface area contributed by atoms with Gasteiger partial charge in [-0.2, -0.15) is 0 Å². The van der Waals surface area contributed by atoms with Gasteiger partial charge < -0.3 is 14.8 Å². The van der Waals surface area contributed by atoms with Gasteiger partial charge in [0.15, 0.2) is 0 Å². The molecule has 25 heavy (non-hydrogen) atoms. The number of halogens is 1. The van der Waals surface area contributed by atoms with Crippen molar-refractivity contribution in [3.8, 4) is 0 Å². The fourth-order valence-corrected chi connectivity index (χ4v) is 3.19. The highest BCUT2D eigenvalue weighted by atomic mass is 19.1. The number of amides is 1. The molecular weight excluding hydrogens is 321 g/mol. The molecule has 7 heteroatoms. The van der Waals surface area contributed by atoms with E-state index in [1.807, 2.05) is 17.7 Å². The minimum absolute atomic E-state index is 0.0715. The van der Waals surface area contributed by atoms with Crippen LogP contribution in [0.4, 0.5) is 10.1 Å². The quantitative estimate of drug-likeness (QED) is 0.836. The Bertz CT molecular complexity index is 724. The Hall–Kier alpha value is -2.44.